The van der Waals surface area contributed by atoms with Crippen molar-refractivity contribution < 1.29 is 0 Å². The zero-order chi connectivity index (χ0) is 14.3. The Morgan fingerprint density at radius 2 is 2.10 bits per heavy atom. The molecule has 0 amide bonds. The largest absolute Gasteiger partial charge is 0.329 e. The highest BCUT2D eigenvalue weighted by Gasteiger charge is 2.23. The van der Waals surface area contributed by atoms with Gasteiger partial charge < -0.3 is 4.98 Å². The Hall–Kier alpha value is -1.76. The summed E-state index contributed by atoms with van der Waals surface area (Å²) in [6.07, 6.45) is 4.13. The zero-order valence-electron chi connectivity index (χ0n) is 11.2. The summed E-state index contributed by atoms with van der Waals surface area (Å²) >= 11 is 5.24. The number of aromatic amines is 2. The highest BCUT2D eigenvalue weighted by molar-refractivity contribution is 7.71. The first-order valence-electron chi connectivity index (χ1n) is 6.89. The molecule has 0 aliphatic heterocycles. The highest BCUT2D eigenvalue weighted by atomic mass is 32.1. The van der Waals surface area contributed by atoms with Gasteiger partial charge in [-0.25, -0.2) is 9.78 Å². The third kappa shape index (κ3) is 2.02. The average molecular weight is 292 g/mol. The van der Waals surface area contributed by atoms with Gasteiger partial charge in [0.1, 0.15) is 21.5 Å². The number of nitrogens with zero attached hydrogens (tertiary/aromatic N) is 2. The second kappa shape index (κ2) is 4.97. The van der Waals surface area contributed by atoms with Gasteiger partial charge in [0.05, 0.1) is 0 Å². The van der Waals surface area contributed by atoms with Gasteiger partial charge in [-0.2, -0.15) is 0 Å². The minimum atomic E-state index is -0.466. The second-order valence-electron chi connectivity index (χ2n) is 5.19. The van der Waals surface area contributed by atoms with E-state index >= 15 is 0 Å². The van der Waals surface area contributed by atoms with Crippen molar-refractivity contribution in [2.24, 2.45) is 0 Å². The van der Waals surface area contributed by atoms with Crippen LogP contribution in [0.15, 0.2) is 9.59 Å². The van der Waals surface area contributed by atoms with Crippen molar-refractivity contribution in [1.29, 1.82) is 0 Å². The molecule has 106 valence electrons. The number of aryl methyl sites for hydroxylation is 1. The van der Waals surface area contributed by atoms with Gasteiger partial charge in [0, 0.05) is 12.5 Å². The monoisotopic (exact) mass is 292 g/mol. The molecule has 7 heteroatoms. The van der Waals surface area contributed by atoms with Crippen LogP contribution in [-0.2, 0) is 6.54 Å². The molecule has 1 saturated carbocycles. The third-order valence-electron chi connectivity index (χ3n) is 3.82. The van der Waals surface area contributed by atoms with Crippen LogP contribution in [0.2, 0.25) is 0 Å². The fraction of sp³-hybridized carbons (Fsp3) is 0.538. The Labute approximate surface area is 119 Å². The predicted octanol–water partition coefficient (Wildman–Crippen LogP) is 1.82. The highest BCUT2D eigenvalue weighted by Crippen LogP contribution is 2.34. The molecule has 2 aromatic heterocycles. The molecule has 1 aliphatic rings. The van der Waals surface area contributed by atoms with Crippen LogP contribution in [0.1, 0.15) is 44.3 Å². The normalized spacial score (nSPS) is 15.4. The minimum Gasteiger partial charge on any atom is -0.329 e. The Morgan fingerprint density at radius 3 is 2.70 bits per heavy atom. The summed E-state index contributed by atoms with van der Waals surface area (Å²) in [7, 11) is 0. The van der Waals surface area contributed by atoms with Crippen LogP contribution >= 0.6 is 12.2 Å². The lowest BCUT2D eigenvalue weighted by Gasteiger charge is -2.24. The minimum absolute atomic E-state index is 0.270. The average Bonchev–Trinajstić information content (AvgIpc) is 2.31. The third-order valence-corrected chi connectivity index (χ3v) is 4.12. The zero-order valence-corrected chi connectivity index (χ0v) is 12.0. The summed E-state index contributed by atoms with van der Waals surface area (Å²) in [4.78, 5) is 33.7. The lowest BCUT2D eigenvalue weighted by molar-refractivity contribution is 0.401. The quantitative estimate of drug-likeness (QED) is 0.845. The van der Waals surface area contributed by atoms with E-state index in [-0.39, 0.29) is 4.64 Å². The van der Waals surface area contributed by atoms with E-state index in [1.165, 1.54) is 11.0 Å². The van der Waals surface area contributed by atoms with Gasteiger partial charge in [0.2, 0.25) is 0 Å². The number of hydrogen-bond donors (Lipinski definition) is 2. The standard InChI is InChI=1S/C13H16N4O2S/c1-2-6-17-10-8(11(18)16-13(17)19)12(20)15-9(14-10)7-4-3-5-7/h7H,2-6H2,1H3,(H,14,15,20)(H,16,18,19). The van der Waals surface area contributed by atoms with Gasteiger partial charge in [-0.1, -0.05) is 25.6 Å². The first-order chi connectivity index (χ1) is 9.61. The molecule has 0 saturated heterocycles. The Kier molecular flexibility index (Phi) is 3.29. The van der Waals surface area contributed by atoms with Crippen LogP contribution in [-0.4, -0.2) is 19.5 Å². The number of fused-ring (bicyclic) bond motifs is 1. The molecule has 0 bridgehead atoms. The number of rotatable bonds is 3. The Bertz CT molecular complexity index is 829. The summed E-state index contributed by atoms with van der Waals surface area (Å²) in [5.74, 6) is 1.16. The van der Waals surface area contributed by atoms with Gasteiger partial charge in [0.15, 0.2) is 0 Å². The molecule has 0 atom stereocenters. The van der Waals surface area contributed by atoms with Gasteiger partial charge in [0.25, 0.3) is 5.56 Å². The predicted molar refractivity (Wildman–Crippen MR) is 78.7 cm³/mol. The number of nitrogens with one attached hydrogen (secondary N) is 2. The first-order valence-corrected chi connectivity index (χ1v) is 7.29. The molecule has 2 aromatic rings. The summed E-state index contributed by atoms with van der Waals surface area (Å²) in [5.41, 5.74) is -0.366. The van der Waals surface area contributed by atoms with Crippen LogP contribution in [0.3, 0.4) is 0 Å². The van der Waals surface area contributed by atoms with E-state index in [2.05, 4.69) is 15.0 Å². The fourth-order valence-electron chi connectivity index (χ4n) is 2.53. The van der Waals surface area contributed by atoms with Gasteiger partial charge >= 0.3 is 5.69 Å². The maximum absolute atomic E-state index is 12.0. The van der Waals surface area contributed by atoms with Crippen molar-refractivity contribution >= 4 is 23.3 Å². The van der Waals surface area contributed by atoms with E-state index in [1.807, 2.05) is 6.92 Å². The Morgan fingerprint density at radius 1 is 1.35 bits per heavy atom. The molecule has 20 heavy (non-hydrogen) atoms. The van der Waals surface area contributed by atoms with Gasteiger partial charge in [-0.15, -0.1) is 0 Å². The van der Waals surface area contributed by atoms with Crippen molar-refractivity contribution in [3.05, 3.63) is 31.3 Å². The maximum Gasteiger partial charge on any atom is 0.329 e. The molecule has 0 spiro atoms. The van der Waals surface area contributed by atoms with Gasteiger partial charge in [-0.3, -0.25) is 14.3 Å². The molecule has 0 unspecified atom stereocenters. The molecule has 6 nitrogen and oxygen atoms in total. The van der Waals surface area contributed by atoms with E-state index < -0.39 is 11.2 Å². The Balaban J connectivity index is 2.36. The fourth-order valence-corrected chi connectivity index (χ4v) is 2.81. The van der Waals surface area contributed by atoms with Crippen molar-refractivity contribution in [3.63, 3.8) is 0 Å². The molecule has 0 aromatic carbocycles. The molecular formula is C13H16N4O2S. The van der Waals surface area contributed by atoms with E-state index in [9.17, 15) is 9.59 Å². The molecule has 3 rings (SSSR count). The van der Waals surface area contributed by atoms with E-state index in [4.69, 9.17) is 12.2 Å². The maximum atomic E-state index is 12.0. The van der Waals surface area contributed by atoms with Crippen LogP contribution in [0.25, 0.3) is 11.0 Å². The lowest BCUT2D eigenvalue weighted by Crippen LogP contribution is -2.31. The van der Waals surface area contributed by atoms with Crippen molar-refractivity contribution in [1.82, 2.24) is 19.5 Å². The topological polar surface area (TPSA) is 83.5 Å². The molecule has 1 aliphatic carbocycles. The summed E-state index contributed by atoms with van der Waals surface area (Å²) in [6, 6.07) is 0. The van der Waals surface area contributed by atoms with Crippen LogP contribution in [0.5, 0.6) is 0 Å². The smallest absolute Gasteiger partial charge is 0.329 e. The summed E-state index contributed by atoms with van der Waals surface area (Å²) < 4.78 is 1.81. The summed E-state index contributed by atoms with van der Waals surface area (Å²) in [5, 5.41) is 0.302. The lowest BCUT2D eigenvalue weighted by atomic mass is 9.85. The molecule has 2 N–H and O–H groups in total. The SMILES string of the molecule is CCCn1c(=O)[nH]c(=O)c2c(=S)nc(C3CCC3)[nH]c21. The number of aromatic nitrogens is 4. The van der Waals surface area contributed by atoms with Crippen LogP contribution in [0.4, 0.5) is 0 Å². The van der Waals surface area contributed by atoms with Gasteiger partial charge in [-0.05, 0) is 19.3 Å². The van der Waals surface area contributed by atoms with E-state index in [0.29, 0.717) is 23.5 Å². The molecule has 0 radical (unpaired) electrons. The molecule has 2 heterocycles. The molecular weight excluding hydrogens is 276 g/mol. The van der Waals surface area contributed by atoms with Crippen molar-refractivity contribution in [2.75, 3.05) is 0 Å². The summed E-state index contributed by atoms with van der Waals surface area (Å²) in [6.45, 7) is 2.51. The van der Waals surface area contributed by atoms with E-state index in [1.54, 1.807) is 0 Å². The first kappa shape index (κ1) is 13.2. The van der Waals surface area contributed by atoms with Crippen LogP contribution < -0.4 is 11.2 Å². The van der Waals surface area contributed by atoms with Crippen molar-refractivity contribution in [2.45, 2.75) is 45.1 Å². The molecule has 1 fully saturated rings. The second-order valence-corrected chi connectivity index (χ2v) is 5.58. The van der Waals surface area contributed by atoms with Crippen molar-refractivity contribution in [3.8, 4) is 0 Å². The number of H-pyrrole nitrogens is 2. The van der Waals surface area contributed by atoms with Crippen LogP contribution in [0, 0.1) is 4.64 Å². The van der Waals surface area contributed by atoms with E-state index in [0.717, 1.165) is 25.1 Å². The number of hydrogen-bond acceptors (Lipinski definition) is 4.